The number of carbonyl (C=O) groups is 1. The number of anilines is 1. The fourth-order valence-electron chi connectivity index (χ4n) is 2.18. The summed E-state index contributed by atoms with van der Waals surface area (Å²) in [5.74, 6) is -0.0215. The molecule has 4 heteroatoms. The number of ketones is 1. The van der Waals surface area contributed by atoms with E-state index >= 15 is 0 Å². The molecule has 1 aromatic carbocycles. The van der Waals surface area contributed by atoms with Crippen LogP contribution < -0.4 is 4.90 Å². The smallest absolute Gasteiger partial charge is 0.161 e. The molecule has 20 heavy (non-hydrogen) atoms. The van der Waals surface area contributed by atoms with Crippen molar-refractivity contribution in [1.82, 2.24) is 4.90 Å². The third-order valence-electron chi connectivity index (χ3n) is 3.08. The molecule has 0 fully saturated rings. The molecule has 0 radical (unpaired) electrons. The van der Waals surface area contributed by atoms with Crippen LogP contribution in [-0.2, 0) is 0 Å². The van der Waals surface area contributed by atoms with Crippen LogP contribution in [0.5, 0.6) is 0 Å². The number of hydrogen-bond acceptors (Lipinski definition) is 3. The van der Waals surface area contributed by atoms with Crippen LogP contribution in [0.1, 0.15) is 31.1 Å². The molecule has 0 heterocycles. The zero-order valence-electron chi connectivity index (χ0n) is 13.1. The Morgan fingerprint density at radius 2 is 1.90 bits per heavy atom. The molecule has 1 aromatic rings. The van der Waals surface area contributed by atoms with Gasteiger partial charge in [0.2, 0.25) is 0 Å². The third kappa shape index (κ3) is 4.60. The largest absolute Gasteiger partial charge is 0.367 e. The molecule has 0 atom stereocenters. The van der Waals surface area contributed by atoms with Gasteiger partial charge >= 0.3 is 0 Å². The summed E-state index contributed by atoms with van der Waals surface area (Å²) in [4.78, 5) is 15.8. The first-order valence-corrected chi connectivity index (χ1v) is 7.02. The van der Waals surface area contributed by atoms with E-state index < -0.39 is 0 Å². The highest BCUT2D eigenvalue weighted by Crippen LogP contribution is 2.25. The summed E-state index contributed by atoms with van der Waals surface area (Å²) in [7, 11) is 3.97. The van der Waals surface area contributed by atoms with Crippen molar-refractivity contribution in [2.75, 3.05) is 38.6 Å². The van der Waals surface area contributed by atoms with Crippen LogP contribution in [-0.4, -0.2) is 44.4 Å². The molecular weight excluding hydrogens is 255 g/mol. The average Bonchev–Trinajstić information content (AvgIpc) is 2.33. The van der Waals surface area contributed by atoms with Gasteiger partial charge in [-0.1, -0.05) is 19.9 Å². The summed E-state index contributed by atoms with van der Waals surface area (Å²) in [5, 5.41) is 0. The number of hydrogen-bond donors (Lipinski definition) is 0. The predicted molar refractivity (Wildman–Crippen MR) is 82.0 cm³/mol. The fraction of sp³-hybridized carbons (Fsp3) is 0.562. The molecule has 112 valence electrons. The lowest BCUT2D eigenvalue weighted by Crippen LogP contribution is -2.35. The molecule has 1 rings (SSSR count). The van der Waals surface area contributed by atoms with E-state index in [1.165, 1.54) is 13.0 Å². The van der Waals surface area contributed by atoms with E-state index in [0.717, 1.165) is 13.1 Å². The molecule has 0 spiro atoms. The normalized spacial score (nSPS) is 11.2. The molecule has 0 N–H and O–H groups in total. The number of halogens is 1. The highest BCUT2D eigenvalue weighted by molar-refractivity contribution is 5.99. The first kappa shape index (κ1) is 16.6. The van der Waals surface area contributed by atoms with Crippen LogP contribution in [0.15, 0.2) is 18.2 Å². The quantitative estimate of drug-likeness (QED) is 0.717. The van der Waals surface area contributed by atoms with E-state index in [4.69, 9.17) is 0 Å². The summed E-state index contributed by atoms with van der Waals surface area (Å²) in [6.45, 7) is 7.92. The molecule has 0 unspecified atom stereocenters. The molecule has 0 aliphatic heterocycles. The average molecular weight is 280 g/mol. The lowest BCUT2D eigenvalue weighted by molar-refractivity contribution is 0.101. The summed E-state index contributed by atoms with van der Waals surface area (Å²) in [6, 6.07) is 4.71. The van der Waals surface area contributed by atoms with Gasteiger partial charge in [-0.05, 0) is 39.1 Å². The highest BCUT2D eigenvalue weighted by atomic mass is 19.1. The first-order chi connectivity index (χ1) is 9.32. The van der Waals surface area contributed by atoms with Crippen molar-refractivity contribution in [3.05, 3.63) is 29.6 Å². The van der Waals surface area contributed by atoms with Gasteiger partial charge in [0.25, 0.3) is 0 Å². The number of Topliss-reactive ketones (excluding diaryl/α,β-unsaturated/α-hetero) is 1. The lowest BCUT2D eigenvalue weighted by Gasteiger charge is -2.29. The molecular formula is C16H25FN2O. The van der Waals surface area contributed by atoms with Gasteiger partial charge in [0.15, 0.2) is 5.78 Å². The van der Waals surface area contributed by atoms with E-state index in [0.29, 0.717) is 23.7 Å². The number of benzene rings is 1. The van der Waals surface area contributed by atoms with E-state index in [2.05, 4.69) is 18.7 Å². The minimum Gasteiger partial charge on any atom is -0.367 e. The Balaban J connectivity index is 3.14. The Hall–Kier alpha value is -1.42. The molecule has 0 aliphatic rings. The molecule has 0 saturated heterocycles. The Morgan fingerprint density at radius 3 is 2.40 bits per heavy atom. The minimum atomic E-state index is -0.322. The summed E-state index contributed by atoms with van der Waals surface area (Å²) < 4.78 is 14.2. The maximum absolute atomic E-state index is 14.2. The Morgan fingerprint density at radius 1 is 1.25 bits per heavy atom. The second-order valence-electron chi connectivity index (χ2n) is 5.84. The van der Waals surface area contributed by atoms with Crippen molar-refractivity contribution < 1.29 is 9.18 Å². The molecule has 0 amide bonds. The van der Waals surface area contributed by atoms with E-state index in [9.17, 15) is 9.18 Å². The number of likely N-dealkylation sites (N-methyl/N-ethyl adjacent to an activating group) is 1. The van der Waals surface area contributed by atoms with Gasteiger partial charge in [-0.25, -0.2) is 4.39 Å². The van der Waals surface area contributed by atoms with Gasteiger partial charge in [-0.3, -0.25) is 4.79 Å². The van der Waals surface area contributed by atoms with Crippen LogP contribution in [0.2, 0.25) is 0 Å². The van der Waals surface area contributed by atoms with Gasteiger partial charge in [-0.15, -0.1) is 0 Å². The molecule has 0 aliphatic carbocycles. The van der Waals surface area contributed by atoms with Crippen molar-refractivity contribution in [2.45, 2.75) is 20.8 Å². The highest BCUT2D eigenvalue weighted by Gasteiger charge is 2.19. The van der Waals surface area contributed by atoms with Crippen molar-refractivity contribution in [3.63, 3.8) is 0 Å². The van der Waals surface area contributed by atoms with Gasteiger partial charge in [0, 0.05) is 25.2 Å². The number of nitrogens with zero attached hydrogens (tertiary/aromatic N) is 2. The summed E-state index contributed by atoms with van der Waals surface area (Å²) >= 11 is 0. The van der Waals surface area contributed by atoms with Crippen LogP contribution in [0, 0.1) is 11.7 Å². The van der Waals surface area contributed by atoms with E-state index in [1.807, 2.05) is 19.0 Å². The van der Waals surface area contributed by atoms with Crippen LogP contribution in [0.3, 0.4) is 0 Å². The van der Waals surface area contributed by atoms with Crippen molar-refractivity contribution in [3.8, 4) is 0 Å². The van der Waals surface area contributed by atoms with Gasteiger partial charge in [-0.2, -0.15) is 0 Å². The number of rotatable bonds is 7. The fourth-order valence-corrected chi connectivity index (χ4v) is 2.18. The molecule has 3 nitrogen and oxygen atoms in total. The van der Waals surface area contributed by atoms with E-state index in [-0.39, 0.29) is 11.6 Å². The predicted octanol–water partition coefficient (Wildman–Crippen LogP) is 3.05. The maximum atomic E-state index is 14.2. The maximum Gasteiger partial charge on any atom is 0.161 e. The van der Waals surface area contributed by atoms with Gasteiger partial charge in [0.05, 0.1) is 5.69 Å². The van der Waals surface area contributed by atoms with Crippen LogP contribution >= 0.6 is 0 Å². The monoisotopic (exact) mass is 280 g/mol. The Kier molecular flexibility index (Phi) is 6.14. The van der Waals surface area contributed by atoms with Crippen molar-refractivity contribution >= 4 is 11.5 Å². The topological polar surface area (TPSA) is 23.6 Å². The first-order valence-electron chi connectivity index (χ1n) is 7.02. The minimum absolute atomic E-state index is 0.0990. The summed E-state index contributed by atoms with van der Waals surface area (Å²) in [5.41, 5.74) is 0.903. The Labute approximate surface area is 121 Å². The van der Waals surface area contributed by atoms with E-state index in [1.54, 1.807) is 12.1 Å². The standard InChI is InChI=1S/C16H25FN2O/c1-12(2)11-19(10-9-18(4)5)16-14(13(3)20)7-6-8-15(16)17/h6-8,12H,9-11H2,1-5H3. The molecule has 0 saturated carbocycles. The number of carbonyl (C=O) groups excluding carboxylic acids is 1. The molecule has 0 aromatic heterocycles. The number of para-hydroxylation sites is 1. The second-order valence-corrected chi connectivity index (χ2v) is 5.84. The zero-order chi connectivity index (χ0) is 15.3. The van der Waals surface area contributed by atoms with Gasteiger partial charge < -0.3 is 9.80 Å². The SMILES string of the molecule is CC(=O)c1cccc(F)c1N(CCN(C)C)CC(C)C. The van der Waals surface area contributed by atoms with Crippen LogP contribution in [0.25, 0.3) is 0 Å². The van der Waals surface area contributed by atoms with Crippen molar-refractivity contribution in [2.24, 2.45) is 5.92 Å². The third-order valence-corrected chi connectivity index (χ3v) is 3.08. The second kappa shape index (κ2) is 7.39. The zero-order valence-corrected chi connectivity index (χ0v) is 13.1. The Bertz CT molecular complexity index is 458. The van der Waals surface area contributed by atoms with Crippen LogP contribution in [0.4, 0.5) is 10.1 Å². The van der Waals surface area contributed by atoms with Gasteiger partial charge in [0.1, 0.15) is 5.82 Å². The summed E-state index contributed by atoms with van der Waals surface area (Å²) in [6.07, 6.45) is 0. The van der Waals surface area contributed by atoms with Crippen molar-refractivity contribution in [1.29, 1.82) is 0 Å². The lowest BCUT2D eigenvalue weighted by atomic mass is 10.1. The molecule has 0 bridgehead atoms.